The topological polar surface area (TPSA) is 45.1 Å². The van der Waals surface area contributed by atoms with Gasteiger partial charge in [0.1, 0.15) is 5.82 Å². The van der Waals surface area contributed by atoms with E-state index < -0.39 is 0 Å². The van der Waals surface area contributed by atoms with E-state index in [4.69, 9.17) is 5.11 Å². The molecule has 0 aromatic carbocycles. The Morgan fingerprint density at radius 2 is 2.31 bits per heavy atom. The lowest BCUT2D eigenvalue weighted by atomic mass is 10.2. The van der Waals surface area contributed by atoms with Crippen molar-refractivity contribution >= 4 is 18.4 Å². The standard InChI is InChI=1S/C9H14N2OS/c12-5-4-10-9-2-1-8(3-6-13)7-11-9/h1-2,7,12-13H,3-6H2,(H,10,11). The highest BCUT2D eigenvalue weighted by Crippen LogP contribution is 2.05. The van der Waals surface area contributed by atoms with E-state index in [9.17, 15) is 0 Å². The molecule has 0 saturated carbocycles. The van der Waals surface area contributed by atoms with Crippen LogP contribution < -0.4 is 5.32 Å². The molecule has 0 aliphatic rings. The van der Waals surface area contributed by atoms with Gasteiger partial charge >= 0.3 is 0 Å². The van der Waals surface area contributed by atoms with Crippen LogP contribution >= 0.6 is 12.6 Å². The summed E-state index contributed by atoms with van der Waals surface area (Å²) in [6.07, 6.45) is 2.77. The van der Waals surface area contributed by atoms with E-state index in [0.29, 0.717) is 6.54 Å². The molecule has 0 radical (unpaired) electrons. The second kappa shape index (κ2) is 5.83. The molecule has 1 aromatic rings. The molecule has 2 N–H and O–H groups in total. The Kier molecular flexibility index (Phi) is 4.64. The maximum absolute atomic E-state index is 8.57. The first-order valence-electron chi connectivity index (χ1n) is 4.27. The molecule has 0 bridgehead atoms. The second-order valence-electron chi connectivity index (χ2n) is 2.68. The lowest BCUT2D eigenvalue weighted by molar-refractivity contribution is 0.311. The highest BCUT2D eigenvalue weighted by molar-refractivity contribution is 7.80. The van der Waals surface area contributed by atoms with E-state index >= 15 is 0 Å². The molecule has 4 heteroatoms. The SMILES string of the molecule is OCCNc1ccc(CCS)cn1. The van der Waals surface area contributed by atoms with Crippen molar-refractivity contribution in [3.63, 3.8) is 0 Å². The van der Waals surface area contributed by atoms with Gasteiger partial charge in [-0.3, -0.25) is 0 Å². The van der Waals surface area contributed by atoms with Gasteiger partial charge < -0.3 is 10.4 Å². The zero-order valence-corrected chi connectivity index (χ0v) is 8.30. The van der Waals surface area contributed by atoms with Crippen LogP contribution in [0.5, 0.6) is 0 Å². The summed E-state index contributed by atoms with van der Waals surface area (Å²) in [5.74, 6) is 1.64. The molecule has 0 spiro atoms. The van der Waals surface area contributed by atoms with Crippen LogP contribution in [0.4, 0.5) is 5.82 Å². The van der Waals surface area contributed by atoms with E-state index in [-0.39, 0.29) is 6.61 Å². The first kappa shape index (κ1) is 10.3. The van der Waals surface area contributed by atoms with Crippen molar-refractivity contribution in [1.29, 1.82) is 0 Å². The molecule has 1 aromatic heterocycles. The summed E-state index contributed by atoms with van der Waals surface area (Å²) in [6.45, 7) is 0.666. The number of aliphatic hydroxyl groups excluding tert-OH is 1. The maximum Gasteiger partial charge on any atom is 0.125 e. The van der Waals surface area contributed by atoms with Crippen molar-refractivity contribution in [3.8, 4) is 0 Å². The normalized spacial score (nSPS) is 10.0. The Labute approximate surface area is 83.6 Å². The van der Waals surface area contributed by atoms with E-state index in [1.807, 2.05) is 18.3 Å². The summed E-state index contributed by atoms with van der Waals surface area (Å²) in [4.78, 5) is 4.18. The molecule has 13 heavy (non-hydrogen) atoms. The van der Waals surface area contributed by atoms with E-state index in [2.05, 4.69) is 22.9 Å². The van der Waals surface area contributed by atoms with Gasteiger partial charge in [0.25, 0.3) is 0 Å². The molecule has 72 valence electrons. The van der Waals surface area contributed by atoms with Crippen molar-refractivity contribution in [3.05, 3.63) is 23.9 Å². The summed E-state index contributed by atoms with van der Waals surface area (Å²) in [5.41, 5.74) is 1.18. The van der Waals surface area contributed by atoms with Gasteiger partial charge in [-0.05, 0) is 23.8 Å². The fourth-order valence-corrected chi connectivity index (χ4v) is 1.25. The summed E-state index contributed by atoms with van der Waals surface area (Å²) >= 11 is 4.14. The monoisotopic (exact) mass is 198 g/mol. The van der Waals surface area contributed by atoms with Crippen LogP contribution in [0.2, 0.25) is 0 Å². The summed E-state index contributed by atoms with van der Waals surface area (Å²) in [5, 5.41) is 11.5. The molecule has 1 heterocycles. The Balaban J connectivity index is 2.48. The molecule has 0 saturated heterocycles. The van der Waals surface area contributed by atoms with Crippen LogP contribution in [-0.2, 0) is 6.42 Å². The summed E-state index contributed by atoms with van der Waals surface area (Å²) in [6, 6.07) is 3.93. The number of pyridine rings is 1. The Morgan fingerprint density at radius 1 is 1.46 bits per heavy atom. The van der Waals surface area contributed by atoms with Crippen molar-refractivity contribution < 1.29 is 5.11 Å². The number of thiol groups is 1. The third-order valence-electron chi connectivity index (χ3n) is 1.64. The Hall–Kier alpha value is -0.740. The van der Waals surface area contributed by atoms with Crippen LogP contribution in [0.15, 0.2) is 18.3 Å². The van der Waals surface area contributed by atoms with Gasteiger partial charge in [0.2, 0.25) is 0 Å². The molecule has 0 amide bonds. The molecular formula is C9H14N2OS. The number of rotatable bonds is 5. The molecule has 1 rings (SSSR count). The van der Waals surface area contributed by atoms with Crippen LogP contribution in [0.25, 0.3) is 0 Å². The number of aromatic nitrogens is 1. The lowest BCUT2D eigenvalue weighted by Crippen LogP contribution is -2.06. The van der Waals surface area contributed by atoms with Crippen molar-refractivity contribution in [2.24, 2.45) is 0 Å². The molecular weight excluding hydrogens is 184 g/mol. The highest BCUT2D eigenvalue weighted by Gasteiger charge is 1.93. The molecule has 0 atom stereocenters. The van der Waals surface area contributed by atoms with Gasteiger partial charge in [-0.1, -0.05) is 6.07 Å². The Bertz CT molecular complexity index is 238. The predicted octanol–water partition coefficient (Wildman–Crippen LogP) is 0.958. The predicted molar refractivity (Wildman–Crippen MR) is 57.4 cm³/mol. The summed E-state index contributed by atoms with van der Waals surface area (Å²) < 4.78 is 0. The van der Waals surface area contributed by atoms with Crippen LogP contribution in [0.1, 0.15) is 5.56 Å². The number of hydrogen-bond donors (Lipinski definition) is 3. The molecule has 0 aliphatic carbocycles. The zero-order valence-electron chi connectivity index (χ0n) is 7.40. The Morgan fingerprint density at radius 3 is 2.85 bits per heavy atom. The third-order valence-corrected chi connectivity index (χ3v) is 1.87. The fourth-order valence-electron chi connectivity index (χ4n) is 0.990. The molecule has 0 fully saturated rings. The van der Waals surface area contributed by atoms with Gasteiger partial charge in [0.05, 0.1) is 6.61 Å². The van der Waals surface area contributed by atoms with Crippen molar-refractivity contribution in [2.75, 3.05) is 24.2 Å². The minimum Gasteiger partial charge on any atom is -0.395 e. The number of nitrogens with one attached hydrogen (secondary N) is 1. The molecule has 0 aliphatic heterocycles. The van der Waals surface area contributed by atoms with E-state index in [1.54, 1.807) is 0 Å². The number of hydrogen-bond acceptors (Lipinski definition) is 4. The van der Waals surface area contributed by atoms with Crippen molar-refractivity contribution in [1.82, 2.24) is 4.98 Å². The minimum absolute atomic E-state index is 0.125. The van der Waals surface area contributed by atoms with Crippen LogP contribution in [0, 0.1) is 0 Å². The first-order valence-corrected chi connectivity index (χ1v) is 4.90. The zero-order chi connectivity index (χ0) is 9.52. The van der Waals surface area contributed by atoms with E-state index in [0.717, 1.165) is 18.0 Å². The quantitative estimate of drug-likeness (QED) is 0.617. The third kappa shape index (κ3) is 3.65. The summed E-state index contributed by atoms with van der Waals surface area (Å²) in [7, 11) is 0. The second-order valence-corrected chi connectivity index (χ2v) is 3.12. The molecule has 3 nitrogen and oxygen atoms in total. The minimum atomic E-state index is 0.125. The highest BCUT2D eigenvalue weighted by atomic mass is 32.1. The van der Waals surface area contributed by atoms with Gasteiger partial charge in [-0.15, -0.1) is 0 Å². The molecule has 0 unspecified atom stereocenters. The number of aliphatic hydroxyl groups is 1. The van der Waals surface area contributed by atoms with Crippen LogP contribution in [0.3, 0.4) is 0 Å². The largest absolute Gasteiger partial charge is 0.395 e. The van der Waals surface area contributed by atoms with Gasteiger partial charge in [-0.2, -0.15) is 12.6 Å². The van der Waals surface area contributed by atoms with E-state index in [1.165, 1.54) is 5.56 Å². The lowest BCUT2D eigenvalue weighted by Gasteiger charge is -2.03. The van der Waals surface area contributed by atoms with Crippen LogP contribution in [-0.4, -0.2) is 29.0 Å². The average molecular weight is 198 g/mol. The first-order chi connectivity index (χ1) is 6.36. The van der Waals surface area contributed by atoms with Gasteiger partial charge in [-0.25, -0.2) is 4.98 Å². The number of anilines is 1. The maximum atomic E-state index is 8.57. The van der Waals surface area contributed by atoms with Gasteiger partial charge in [0.15, 0.2) is 0 Å². The van der Waals surface area contributed by atoms with Gasteiger partial charge in [0, 0.05) is 12.7 Å². The fraction of sp³-hybridized carbons (Fsp3) is 0.444. The number of nitrogens with zero attached hydrogens (tertiary/aromatic N) is 1. The number of aryl methyl sites for hydroxylation is 1. The smallest absolute Gasteiger partial charge is 0.125 e. The van der Waals surface area contributed by atoms with Crippen molar-refractivity contribution in [2.45, 2.75) is 6.42 Å². The average Bonchev–Trinajstić information content (AvgIpc) is 2.17.